The first kappa shape index (κ1) is 21.2. The number of carbonyl (C=O) groups excluding carboxylic acids is 2. The summed E-state index contributed by atoms with van der Waals surface area (Å²) in [6.07, 6.45) is 0.523. The Bertz CT molecular complexity index is 1140. The summed E-state index contributed by atoms with van der Waals surface area (Å²) >= 11 is 0. The molecule has 34 heavy (non-hydrogen) atoms. The summed E-state index contributed by atoms with van der Waals surface area (Å²) in [6, 6.07) is 16.2. The van der Waals surface area contributed by atoms with Crippen molar-refractivity contribution in [2.45, 2.75) is 36.3 Å². The van der Waals surface area contributed by atoms with E-state index in [1.54, 1.807) is 0 Å². The summed E-state index contributed by atoms with van der Waals surface area (Å²) in [5, 5.41) is 12.5. The lowest BCUT2D eigenvalue weighted by molar-refractivity contribution is -0.160. The van der Waals surface area contributed by atoms with Gasteiger partial charge < -0.3 is 24.8 Å². The Hall–Kier alpha value is -3.39. The summed E-state index contributed by atoms with van der Waals surface area (Å²) < 4.78 is 11.1. The monoisotopic (exact) mass is 462 g/mol. The van der Waals surface area contributed by atoms with E-state index in [0.29, 0.717) is 26.0 Å². The molecule has 2 amide bonds. The minimum Gasteiger partial charge on any atom is -0.479 e. The average molecular weight is 463 g/mol. The number of amides is 2. The van der Waals surface area contributed by atoms with Gasteiger partial charge in [0, 0.05) is 25.5 Å². The third-order valence-electron chi connectivity index (χ3n) is 7.97. The fraction of sp³-hybridized carbons (Fsp3) is 0.423. The van der Waals surface area contributed by atoms with Crippen molar-refractivity contribution in [1.82, 2.24) is 10.2 Å². The van der Waals surface area contributed by atoms with Crippen LogP contribution in [0.3, 0.4) is 0 Å². The lowest BCUT2D eigenvalue weighted by Crippen LogP contribution is -2.65. The second-order valence-electron chi connectivity index (χ2n) is 9.86. The Kier molecular flexibility index (Phi) is 4.71. The van der Waals surface area contributed by atoms with Gasteiger partial charge in [0.25, 0.3) is 5.91 Å². The zero-order valence-electron chi connectivity index (χ0n) is 18.7. The summed E-state index contributed by atoms with van der Waals surface area (Å²) in [7, 11) is 0. The maximum Gasteiger partial charge on any atom is 0.408 e. The molecule has 2 bridgehead atoms. The fourth-order valence-corrected chi connectivity index (χ4v) is 6.22. The van der Waals surface area contributed by atoms with Crippen molar-refractivity contribution in [3.63, 3.8) is 0 Å². The largest absolute Gasteiger partial charge is 0.479 e. The maximum absolute atomic E-state index is 13.6. The third-order valence-corrected chi connectivity index (χ3v) is 7.97. The number of nitrogens with one attached hydrogen (secondary N) is 1. The fourth-order valence-electron chi connectivity index (χ4n) is 6.22. The Morgan fingerprint density at radius 1 is 1.06 bits per heavy atom. The molecule has 3 aliphatic heterocycles. The van der Waals surface area contributed by atoms with E-state index in [1.165, 1.54) is 4.90 Å². The predicted octanol–water partition coefficient (Wildman–Crippen LogP) is 2.76. The lowest BCUT2D eigenvalue weighted by Gasteiger charge is -2.41. The number of carboxylic acid groups (broad SMARTS) is 1. The normalized spacial score (nSPS) is 28.7. The molecule has 1 atom stereocenters. The Morgan fingerprint density at radius 3 is 2.29 bits per heavy atom. The molecule has 2 aliphatic carbocycles. The van der Waals surface area contributed by atoms with Crippen molar-refractivity contribution < 1.29 is 29.0 Å². The number of aliphatic carboxylic acids is 1. The number of fused-ring (bicyclic) bond motifs is 4. The van der Waals surface area contributed by atoms with Gasteiger partial charge in [-0.05, 0) is 41.0 Å². The standard InChI is InChI=1S/C26H26N2O6/c29-22(28-13-16-11-26(28,12-16)23(30)31)25(9-10-33-15-25)27-24(32)34-14-21-19-7-3-1-5-17(19)18-6-2-4-8-20(18)21/h1-8,16,21H,9-15H2,(H,27,32)(H,30,31). The first-order valence-corrected chi connectivity index (χ1v) is 11.7. The SMILES string of the molecule is O=C(NC1(C(=O)N2CC3CC2(C(=O)O)C3)CCOC1)OCC1c2ccccc2-c2ccccc21. The van der Waals surface area contributed by atoms with Crippen LogP contribution in [0, 0.1) is 5.92 Å². The van der Waals surface area contributed by atoms with E-state index in [4.69, 9.17) is 9.47 Å². The molecular formula is C26H26N2O6. The van der Waals surface area contributed by atoms with Crippen LogP contribution < -0.4 is 5.32 Å². The van der Waals surface area contributed by atoms with Crippen molar-refractivity contribution in [2.75, 3.05) is 26.4 Å². The van der Waals surface area contributed by atoms with Crippen LogP contribution in [0.5, 0.6) is 0 Å². The van der Waals surface area contributed by atoms with E-state index in [9.17, 15) is 19.5 Å². The molecular weight excluding hydrogens is 436 g/mol. The topological polar surface area (TPSA) is 105 Å². The van der Waals surface area contributed by atoms with E-state index in [1.807, 2.05) is 36.4 Å². The highest BCUT2D eigenvalue weighted by molar-refractivity contribution is 5.96. The second-order valence-corrected chi connectivity index (χ2v) is 9.86. The van der Waals surface area contributed by atoms with Gasteiger partial charge in [-0.15, -0.1) is 0 Å². The Labute approximate surface area is 196 Å². The van der Waals surface area contributed by atoms with E-state index in [-0.39, 0.29) is 37.4 Å². The summed E-state index contributed by atoms with van der Waals surface area (Å²) in [4.78, 5) is 39.9. The maximum atomic E-state index is 13.6. The van der Waals surface area contributed by atoms with Crippen molar-refractivity contribution in [3.8, 4) is 11.1 Å². The van der Waals surface area contributed by atoms with Gasteiger partial charge >= 0.3 is 12.1 Å². The Balaban J connectivity index is 1.18. The van der Waals surface area contributed by atoms with Crippen molar-refractivity contribution in [3.05, 3.63) is 59.7 Å². The number of hydrogen-bond donors (Lipinski definition) is 2. The van der Waals surface area contributed by atoms with Crippen LogP contribution in [-0.4, -0.2) is 65.4 Å². The number of rotatable bonds is 5. The molecule has 3 saturated heterocycles. The smallest absolute Gasteiger partial charge is 0.408 e. The minimum absolute atomic E-state index is 0.00684. The van der Waals surface area contributed by atoms with Crippen molar-refractivity contribution in [2.24, 2.45) is 5.92 Å². The van der Waals surface area contributed by atoms with Gasteiger partial charge in [-0.2, -0.15) is 0 Å². The van der Waals surface area contributed by atoms with Crippen LogP contribution in [0.1, 0.15) is 36.3 Å². The molecule has 1 unspecified atom stereocenters. The van der Waals surface area contributed by atoms with E-state index in [0.717, 1.165) is 22.3 Å². The average Bonchev–Trinajstić information content (AvgIpc) is 3.58. The number of alkyl carbamates (subject to hydrolysis) is 1. The van der Waals surface area contributed by atoms with Crippen LogP contribution in [-0.2, 0) is 19.1 Å². The van der Waals surface area contributed by atoms with Gasteiger partial charge in [-0.1, -0.05) is 48.5 Å². The van der Waals surface area contributed by atoms with Gasteiger partial charge in [-0.3, -0.25) is 4.79 Å². The molecule has 0 spiro atoms. The molecule has 5 aliphatic rings. The summed E-state index contributed by atoms with van der Waals surface area (Å²) in [6.45, 7) is 0.856. The number of carbonyl (C=O) groups is 3. The number of benzene rings is 2. The first-order chi connectivity index (χ1) is 16.4. The number of hydrogen-bond acceptors (Lipinski definition) is 5. The predicted molar refractivity (Wildman–Crippen MR) is 121 cm³/mol. The van der Waals surface area contributed by atoms with Crippen molar-refractivity contribution in [1.29, 1.82) is 0 Å². The molecule has 8 heteroatoms. The number of carboxylic acids is 1. The highest BCUT2D eigenvalue weighted by Crippen LogP contribution is 2.51. The molecule has 2 aromatic rings. The third kappa shape index (κ3) is 2.98. The van der Waals surface area contributed by atoms with Crippen LogP contribution in [0.15, 0.2) is 48.5 Å². The van der Waals surface area contributed by atoms with Gasteiger partial charge in [0.1, 0.15) is 17.7 Å². The number of nitrogens with zero attached hydrogens (tertiary/aromatic N) is 1. The van der Waals surface area contributed by atoms with Crippen LogP contribution in [0.2, 0.25) is 0 Å². The van der Waals surface area contributed by atoms with E-state index < -0.39 is 23.1 Å². The van der Waals surface area contributed by atoms with Crippen LogP contribution >= 0.6 is 0 Å². The molecule has 2 N–H and O–H groups in total. The molecule has 1 saturated carbocycles. The Morgan fingerprint density at radius 2 is 1.71 bits per heavy atom. The van der Waals surface area contributed by atoms with Gasteiger partial charge in [0.15, 0.2) is 0 Å². The van der Waals surface area contributed by atoms with Crippen molar-refractivity contribution >= 4 is 18.0 Å². The molecule has 0 aromatic heterocycles. The van der Waals surface area contributed by atoms with Gasteiger partial charge in [-0.25, -0.2) is 9.59 Å². The molecule has 0 radical (unpaired) electrons. The summed E-state index contributed by atoms with van der Waals surface area (Å²) in [5.74, 6) is -1.26. The van der Waals surface area contributed by atoms with Crippen LogP contribution in [0.25, 0.3) is 11.1 Å². The highest BCUT2D eigenvalue weighted by atomic mass is 16.6. The molecule has 3 heterocycles. The zero-order valence-corrected chi connectivity index (χ0v) is 18.7. The summed E-state index contributed by atoms with van der Waals surface area (Å²) in [5.41, 5.74) is 2.02. The lowest BCUT2D eigenvalue weighted by atomic mass is 9.73. The molecule has 176 valence electrons. The first-order valence-electron chi connectivity index (χ1n) is 11.7. The van der Waals surface area contributed by atoms with Crippen LogP contribution in [0.4, 0.5) is 4.79 Å². The second kappa shape index (κ2) is 7.56. The van der Waals surface area contributed by atoms with E-state index >= 15 is 0 Å². The molecule has 2 aromatic carbocycles. The quantitative estimate of drug-likeness (QED) is 0.708. The van der Waals surface area contributed by atoms with Gasteiger partial charge in [0.2, 0.25) is 0 Å². The highest BCUT2D eigenvalue weighted by Gasteiger charge is 2.65. The molecule has 7 rings (SSSR count). The van der Waals surface area contributed by atoms with Gasteiger partial charge in [0.05, 0.1) is 6.61 Å². The zero-order chi connectivity index (χ0) is 23.5. The van der Waals surface area contributed by atoms with E-state index in [2.05, 4.69) is 17.4 Å². The number of ether oxygens (including phenoxy) is 2. The minimum atomic E-state index is -1.30. The molecule has 4 fully saturated rings. The molecule has 8 nitrogen and oxygen atoms in total.